The summed E-state index contributed by atoms with van der Waals surface area (Å²) in [5, 5.41) is 3.04. The number of urea groups is 1. The molecule has 1 N–H and O–H groups in total. The van der Waals surface area contributed by atoms with Gasteiger partial charge in [-0.15, -0.1) is 0 Å². The monoisotopic (exact) mass is 432 g/mol. The van der Waals surface area contributed by atoms with Crippen LogP contribution in [0.25, 0.3) is 0 Å². The van der Waals surface area contributed by atoms with E-state index in [0.717, 1.165) is 5.56 Å². The first-order valence-electron chi connectivity index (χ1n) is 10.1. The van der Waals surface area contributed by atoms with Gasteiger partial charge in [0.25, 0.3) is 5.91 Å². The summed E-state index contributed by atoms with van der Waals surface area (Å²) in [6, 6.07) is 6.42. The van der Waals surface area contributed by atoms with E-state index in [1.54, 1.807) is 13.1 Å². The number of hydrogen-bond donors (Lipinski definition) is 1. The van der Waals surface area contributed by atoms with E-state index in [0.29, 0.717) is 50.1 Å². The van der Waals surface area contributed by atoms with Crippen molar-refractivity contribution in [3.63, 3.8) is 0 Å². The number of halogens is 1. The lowest BCUT2D eigenvalue weighted by molar-refractivity contribution is -0.132. The standard InChI is InChI=1S/C20H25ClN6O3/c1-3-15(28)25-7-9-26(10-8-25)19-22-17-16(18(29)23-20(30)24(17)2)27(19)12-13-5-4-6-14(21)11-13/h4-6,11,16-17H,3,7-10,12H2,1-2H3,(H,23,29,30). The molecule has 0 radical (unpaired) electrons. The molecule has 3 aliphatic heterocycles. The van der Waals surface area contributed by atoms with Crippen LogP contribution in [0.4, 0.5) is 4.79 Å². The van der Waals surface area contributed by atoms with Gasteiger partial charge in [-0.2, -0.15) is 0 Å². The minimum Gasteiger partial charge on any atom is -0.339 e. The molecular weight excluding hydrogens is 408 g/mol. The predicted molar refractivity (Wildman–Crippen MR) is 112 cm³/mol. The number of hydrogen-bond acceptors (Lipinski definition) is 6. The number of aliphatic imine (C=N–C) groups is 1. The lowest BCUT2D eigenvalue weighted by atomic mass is 10.1. The number of guanidine groups is 1. The predicted octanol–water partition coefficient (Wildman–Crippen LogP) is 0.942. The third kappa shape index (κ3) is 3.69. The van der Waals surface area contributed by atoms with Crippen LogP contribution in [0.1, 0.15) is 18.9 Å². The minimum absolute atomic E-state index is 0.136. The average molecular weight is 433 g/mol. The van der Waals surface area contributed by atoms with Crippen molar-refractivity contribution in [2.75, 3.05) is 33.2 Å². The summed E-state index contributed by atoms with van der Waals surface area (Å²) >= 11 is 6.15. The summed E-state index contributed by atoms with van der Waals surface area (Å²) < 4.78 is 0. The van der Waals surface area contributed by atoms with Crippen molar-refractivity contribution in [3.05, 3.63) is 34.9 Å². The SMILES string of the molecule is CCC(=O)N1CCN(C2=NC3C(C(=O)NC(=O)N3C)N2Cc2cccc(Cl)c2)CC1. The van der Waals surface area contributed by atoms with Gasteiger partial charge >= 0.3 is 6.03 Å². The van der Waals surface area contributed by atoms with E-state index in [1.807, 2.05) is 34.9 Å². The maximum Gasteiger partial charge on any atom is 0.325 e. The Hall–Kier alpha value is -2.81. The first-order valence-corrected chi connectivity index (χ1v) is 10.5. The number of benzene rings is 1. The first kappa shape index (κ1) is 20.5. The van der Waals surface area contributed by atoms with Gasteiger partial charge in [-0.3, -0.25) is 14.9 Å². The Morgan fingerprint density at radius 1 is 1.23 bits per heavy atom. The molecule has 1 aromatic rings. The van der Waals surface area contributed by atoms with E-state index < -0.39 is 18.2 Å². The van der Waals surface area contributed by atoms with Crippen LogP contribution in [0, 0.1) is 0 Å². The quantitative estimate of drug-likeness (QED) is 0.768. The fraction of sp³-hybridized carbons (Fsp3) is 0.500. The second-order valence-electron chi connectivity index (χ2n) is 7.67. The van der Waals surface area contributed by atoms with Gasteiger partial charge in [-0.1, -0.05) is 30.7 Å². The third-order valence-electron chi connectivity index (χ3n) is 5.80. The highest BCUT2D eigenvalue weighted by atomic mass is 35.5. The second kappa shape index (κ2) is 8.14. The number of amides is 4. The van der Waals surface area contributed by atoms with Crippen molar-refractivity contribution in [3.8, 4) is 0 Å². The zero-order chi connectivity index (χ0) is 21.4. The van der Waals surface area contributed by atoms with Gasteiger partial charge in [0.1, 0.15) is 0 Å². The molecule has 0 aromatic heterocycles. The molecule has 2 atom stereocenters. The number of likely N-dealkylation sites (N-methyl/N-ethyl adjacent to an activating group) is 1. The van der Waals surface area contributed by atoms with Gasteiger partial charge in [0.2, 0.25) is 5.91 Å². The van der Waals surface area contributed by atoms with Crippen molar-refractivity contribution in [2.24, 2.45) is 4.99 Å². The zero-order valence-electron chi connectivity index (χ0n) is 17.0. The molecule has 0 aliphatic carbocycles. The molecule has 4 amide bonds. The highest BCUT2D eigenvalue weighted by Crippen LogP contribution is 2.28. The fourth-order valence-corrected chi connectivity index (χ4v) is 4.37. The van der Waals surface area contributed by atoms with Gasteiger partial charge in [-0.05, 0) is 17.7 Å². The molecule has 0 bridgehead atoms. The minimum atomic E-state index is -0.614. The van der Waals surface area contributed by atoms with Crippen LogP contribution in [0.5, 0.6) is 0 Å². The van der Waals surface area contributed by atoms with E-state index in [4.69, 9.17) is 16.6 Å². The average Bonchev–Trinajstić information content (AvgIpc) is 3.11. The van der Waals surface area contributed by atoms with Crippen LogP contribution in [0.15, 0.2) is 29.3 Å². The van der Waals surface area contributed by atoms with Crippen LogP contribution < -0.4 is 5.32 Å². The first-order chi connectivity index (χ1) is 14.4. The van der Waals surface area contributed by atoms with Gasteiger partial charge in [0.05, 0.1) is 0 Å². The maximum atomic E-state index is 12.7. The number of rotatable bonds is 3. The summed E-state index contributed by atoms with van der Waals surface area (Å²) in [6.45, 7) is 4.74. The molecule has 1 aromatic carbocycles. The Morgan fingerprint density at radius 3 is 2.63 bits per heavy atom. The van der Waals surface area contributed by atoms with Crippen molar-refractivity contribution in [1.29, 1.82) is 0 Å². The molecule has 9 nitrogen and oxygen atoms in total. The number of piperazine rings is 1. The molecule has 3 aliphatic rings. The van der Waals surface area contributed by atoms with Crippen molar-refractivity contribution in [1.82, 2.24) is 24.9 Å². The smallest absolute Gasteiger partial charge is 0.325 e. The molecule has 2 unspecified atom stereocenters. The van der Waals surface area contributed by atoms with Gasteiger partial charge in [-0.25, -0.2) is 9.79 Å². The maximum absolute atomic E-state index is 12.7. The summed E-state index contributed by atoms with van der Waals surface area (Å²) in [5.74, 6) is 0.450. The topological polar surface area (TPSA) is 88.6 Å². The molecule has 10 heteroatoms. The van der Waals surface area contributed by atoms with Gasteiger partial charge in [0.15, 0.2) is 18.2 Å². The number of imide groups is 1. The van der Waals surface area contributed by atoms with E-state index >= 15 is 0 Å². The molecule has 0 spiro atoms. The lowest BCUT2D eigenvalue weighted by Gasteiger charge is -2.40. The summed E-state index contributed by atoms with van der Waals surface area (Å²) in [4.78, 5) is 49.0. The Bertz CT molecular complexity index is 898. The Labute approximate surface area is 180 Å². The number of nitrogens with one attached hydrogen (secondary N) is 1. The largest absolute Gasteiger partial charge is 0.339 e. The number of carbonyl (C=O) groups excluding carboxylic acids is 3. The van der Waals surface area contributed by atoms with Crippen LogP contribution in [0.3, 0.4) is 0 Å². The number of nitrogens with zero attached hydrogens (tertiary/aromatic N) is 5. The molecule has 2 fully saturated rings. The number of fused-ring (bicyclic) bond motifs is 1. The summed E-state index contributed by atoms with van der Waals surface area (Å²) in [7, 11) is 1.64. The molecule has 30 heavy (non-hydrogen) atoms. The Kier molecular flexibility index (Phi) is 5.55. The molecule has 0 saturated carbocycles. The third-order valence-corrected chi connectivity index (χ3v) is 6.03. The van der Waals surface area contributed by atoms with E-state index in [-0.39, 0.29) is 11.8 Å². The second-order valence-corrected chi connectivity index (χ2v) is 8.11. The van der Waals surface area contributed by atoms with E-state index in [1.165, 1.54) is 4.90 Å². The molecule has 4 rings (SSSR count). The highest BCUT2D eigenvalue weighted by Gasteiger charge is 2.49. The molecular formula is C20H25ClN6O3. The van der Waals surface area contributed by atoms with E-state index in [2.05, 4.69) is 10.2 Å². The van der Waals surface area contributed by atoms with Crippen LogP contribution >= 0.6 is 11.6 Å². The van der Waals surface area contributed by atoms with Crippen molar-refractivity contribution in [2.45, 2.75) is 32.1 Å². The fourth-order valence-electron chi connectivity index (χ4n) is 4.16. The normalized spacial score (nSPS) is 24.0. The lowest BCUT2D eigenvalue weighted by Crippen LogP contribution is -2.64. The van der Waals surface area contributed by atoms with Gasteiger partial charge < -0.3 is 19.6 Å². The zero-order valence-corrected chi connectivity index (χ0v) is 17.8. The van der Waals surface area contributed by atoms with Crippen molar-refractivity contribution >= 4 is 35.4 Å². The summed E-state index contributed by atoms with van der Waals surface area (Å²) in [5.41, 5.74) is 0.947. The number of carbonyl (C=O) groups is 3. The summed E-state index contributed by atoms with van der Waals surface area (Å²) in [6.07, 6.45) is -0.102. The molecule has 160 valence electrons. The van der Waals surface area contributed by atoms with Crippen LogP contribution in [0.2, 0.25) is 5.02 Å². The van der Waals surface area contributed by atoms with Crippen molar-refractivity contribution < 1.29 is 14.4 Å². The van der Waals surface area contributed by atoms with Crippen LogP contribution in [-0.2, 0) is 16.1 Å². The molecule has 3 heterocycles. The van der Waals surface area contributed by atoms with Crippen LogP contribution in [-0.4, -0.2) is 88.8 Å². The molecule has 2 saturated heterocycles. The van der Waals surface area contributed by atoms with E-state index in [9.17, 15) is 14.4 Å². The Morgan fingerprint density at radius 2 is 1.97 bits per heavy atom. The highest BCUT2D eigenvalue weighted by molar-refractivity contribution is 6.30. The van der Waals surface area contributed by atoms with Gasteiger partial charge in [0, 0.05) is 51.2 Å². The Balaban J connectivity index is 1.61.